The molecule has 17 heavy (non-hydrogen) atoms. The summed E-state index contributed by atoms with van der Waals surface area (Å²) in [4.78, 5) is 4.30. The highest BCUT2D eigenvalue weighted by molar-refractivity contribution is 4.90. The molecule has 2 heterocycles. The first-order chi connectivity index (χ1) is 8.16. The lowest BCUT2D eigenvalue weighted by Gasteiger charge is -2.28. The van der Waals surface area contributed by atoms with Gasteiger partial charge in [0.15, 0.2) is 5.82 Å². The number of aromatic nitrogens is 2. The molecule has 1 aromatic heterocycles. The van der Waals surface area contributed by atoms with Gasteiger partial charge in [-0.2, -0.15) is 4.98 Å². The van der Waals surface area contributed by atoms with Crippen LogP contribution in [0.15, 0.2) is 4.52 Å². The Kier molecular flexibility index (Phi) is 4.12. The lowest BCUT2D eigenvalue weighted by Crippen LogP contribution is -2.40. The van der Waals surface area contributed by atoms with Gasteiger partial charge in [-0.1, -0.05) is 25.9 Å². The highest BCUT2D eigenvalue weighted by Crippen LogP contribution is 2.17. The largest absolute Gasteiger partial charge is 0.367 e. The van der Waals surface area contributed by atoms with Crippen molar-refractivity contribution in [1.29, 1.82) is 0 Å². The molecule has 0 spiro atoms. The van der Waals surface area contributed by atoms with Crippen molar-refractivity contribution < 1.29 is 9.26 Å². The van der Waals surface area contributed by atoms with Crippen LogP contribution in [0.4, 0.5) is 0 Å². The molecule has 1 aromatic rings. The smallest absolute Gasteiger partial charge is 0.252 e. The monoisotopic (exact) mass is 239 g/mol. The molecular weight excluding hydrogens is 218 g/mol. The first kappa shape index (κ1) is 12.5. The third-order valence-corrected chi connectivity index (χ3v) is 3.18. The van der Waals surface area contributed by atoms with Crippen molar-refractivity contribution in [2.45, 2.75) is 45.8 Å². The summed E-state index contributed by atoms with van der Waals surface area (Å²) in [6.45, 7) is 8.71. The van der Waals surface area contributed by atoms with Gasteiger partial charge in [-0.25, -0.2) is 0 Å². The van der Waals surface area contributed by atoms with E-state index in [0.717, 1.165) is 25.3 Å². The van der Waals surface area contributed by atoms with Gasteiger partial charge in [-0.3, -0.25) is 0 Å². The molecule has 1 N–H and O–H groups in total. The molecule has 0 radical (unpaired) electrons. The molecule has 96 valence electrons. The van der Waals surface area contributed by atoms with Gasteiger partial charge in [0, 0.05) is 12.5 Å². The number of hydrogen-bond donors (Lipinski definition) is 1. The predicted molar refractivity (Wildman–Crippen MR) is 63.6 cm³/mol. The van der Waals surface area contributed by atoms with E-state index in [-0.39, 0.29) is 6.10 Å². The molecule has 0 bridgehead atoms. The Morgan fingerprint density at radius 2 is 2.35 bits per heavy atom. The first-order valence-electron chi connectivity index (χ1n) is 6.31. The Morgan fingerprint density at radius 3 is 3.00 bits per heavy atom. The topological polar surface area (TPSA) is 60.2 Å². The Labute approximate surface area is 102 Å². The maximum Gasteiger partial charge on any atom is 0.252 e. The zero-order chi connectivity index (χ0) is 12.3. The average molecular weight is 239 g/mol. The second-order valence-electron chi connectivity index (χ2n) is 5.02. The third kappa shape index (κ3) is 3.26. The molecular formula is C12H21N3O2. The van der Waals surface area contributed by atoms with Gasteiger partial charge >= 0.3 is 0 Å². The summed E-state index contributed by atoms with van der Waals surface area (Å²) >= 11 is 0. The average Bonchev–Trinajstić information content (AvgIpc) is 2.77. The van der Waals surface area contributed by atoms with Crippen LogP contribution < -0.4 is 5.32 Å². The van der Waals surface area contributed by atoms with Crippen LogP contribution in [0, 0.1) is 5.92 Å². The van der Waals surface area contributed by atoms with E-state index in [1.54, 1.807) is 0 Å². The van der Waals surface area contributed by atoms with Gasteiger partial charge in [0.05, 0.1) is 6.10 Å². The van der Waals surface area contributed by atoms with Crippen LogP contribution in [0.3, 0.4) is 0 Å². The van der Waals surface area contributed by atoms with Crippen LogP contribution in [-0.2, 0) is 11.3 Å². The van der Waals surface area contributed by atoms with Gasteiger partial charge < -0.3 is 14.6 Å². The lowest BCUT2D eigenvalue weighted by molar-refractivity contribution is -0.0169. The summed E-state index contributed by atoms with van der Waals surface area (Å²) in [5, 5.41) is 7.25. The maximum atomic E-state index is 5.82. The van der Waals surface area contributed by atoms with E-state index in [1.807, 2.05) is 13.8 Å². The highest BCUT2D eigenvalue weighted by atomic mass is 16.5. The van der Waals surface area contributed by atoms with Gasteiger partial charge in [0.2, 0.25) is 0 Å². The Morgan fingerprint density at radius 1 is 1.53 bits per heavy atom. The van der Waals surface area contributed by atoms with Crippen LogP contribution in [0.1, 0.15) is 44.8 Å². The molecule has 0 aromatic carbocycles. The third-order valence-electron chi connectivity index (χ3n) is 3.18. The van der Waals surface area contributed by atoms with E-state index >= 15 is 0 Å². The van der Waals surface area contributed by atoms with Gasteiger partial charge in [-0.05, 0) is 18.9 Å². The van der Waals surface area contributed by atoms with Crippen LogP contribution >= 0.6 is 0 Å². The molecule has 2 unspecified atom stereocenters. The van der Waals surface area contributed by atoms with E-state index in [2.05, 4.69) is 22.4 Å². The van der Waals surface area contributed by atoms with E-state index in [4.69, 9.17) is 9.26 Å². The van der Waals surface area contributed by atoms with E-state index in [9.17, 15) is 0 Å². The highest BCUT2D eigenvalue weighted by Gasteiger charge is 2.22. The summed E-state index contributed by atoms with van der Waals surface area (Å²) in [6.07, 6.45) is 1.41. The number of nitrogens with one attached hydrogen (secondary N) is 1. The second kappa shape index (κ2) is 5.60. The standard InChI is InChI=1S/C12H21N3O2/c1-8(2)12-14-11(17-15-12)7-16-10-6-13-5-4-9(10)3/h8-10,13H,4-7H2,1-3H3. The summed E-state index contributed by atoms with van der Waals surface area (Å²) in [5.41, 5.74) is 0. The molecule has 1 aliphatic rings. The van der Waals surface area contributed by atoms with E-state index in [0.29, 0.717) is 24.3 Å². The minimum absolute atomic E-state index is 0.248. The van der Waals surface area contributed by atoms with E-state index in [1.165, 1.54) is 0 Å². The molecule has 1 fully saturated rings. The van der Waals surface area contributed by atoms with E-state index < -0.39 is 0 Å². The van der Waals surface area contributed by atoms with Gasteiger partial charge in [-0.15, -0.1) is 0 Å². The van der Waals surface area contributed by atoms with Crippen molar-refractivity contribution in [3.05, 3.63) is 11.7 Å². The van der Waals surface area contributed by atoms with Crippen LogP contribution in [0.2, 0.25) is 0 Å². The van der Waals surface area contributed by atoms with Crippen molar-refractivity contribution in [3.8, 4) is 0 Å². The summed E-state index contributed by atoms with van der Waals surface area (Å²) in [5.74, 6) is 2.21. The molecule has 0 saturated carbocycles. The Bertz CT molecular complexity index is 351. The zero-order valence-corrected chi connectivity index (χ0v) is 10.8. The minimum atomic E-state index is 0.248. The quantitative estimate of drug-likeness (QED) is 0.866. The molecule has 5 heteroatoms. The molecule has 0 amide bonds. The van der Waals surface area contributed by atoms with Crippen molar-refractivity contribution in [3.63, 3.8) is 0 Å². The van der Waals surface area contributed by atoms with Crippen molar-refractivity contribution in [2.75, 3.05) is 13.1 Å². The second-order valence-corrected chi connectivity index (χ2v) is 5.02. The summed E-state index contributed by atoms with van der Waals surface area (Å²) in [6, 6.07) is 0. The normalized spacial score (nSPS) is 25.4. The molecule has 2 atom stereocenters. The predicted octanol–water partition coefficient (Wildman–Crippen LogP) is 1.71. The van der Waals surface area contributed by atoms with Crippen LogP contribution in [0.25, 0.3) is 0 Å². The van der Waals surface area contributed by atoms with Crippen molar-refractivity contribution in [2.24, 2.45) is 5.92 Å². The zero-order valence-electron chi connectivity index (χ0n) is 10.8. The minimum Gasteiger partial charge on any atom is -0.367 e. The number of nitrogens with zero attached hydrogens (tertiary/aromatic N) is 2. The van der Waals surface area contributed by atoms with Crippen LogP contribution in [-0.4, -0.2) is 29.3 Å². The molecule has 2 rings (SSSR count). The molecule has 1 saturated heterocycles. The number of rotatable bonds is 4. The van der Waals surface area contributed by atoms with Gasteiger partial charge in [0.25, 0.3) is 5.89 Å². The lowest BCUT2D eigenvalue weighted by atomic mass is 9.97. The summed E-state index contributed by atoms with van der Waals surface area (Å²) in [7, 11) is 0. The van der Waals surface area contributed by atoms with Gasteiger partial charge in [0.1, 0.15) is 6.61 Å². The Balaban J connectivity index is 1.84. The Hall–Kier alpha value is -0.940. The molecule has 1 aliphatic heterocycles. The molecule has 0 aliphatic carbocycles. The summed E-state index contributed by atoms with van der Waals surface area (Å²) < 4.78 is 11.0. The van der Waals surface area contributed by atoms with Crippen LogP contribution in [0.5, 0.6) is 0 Å². The first-order valence-corrected chi connectivity index (χ1v) is 6.31. The maximum absolute atomic E-state index is 5.82. The number of hydrogen-bond acceptors (Lipinski definition) is 5. The number of ether oxygens (including phenoxy) is 1. The fourth-order valence-electron chi connectivity index (χ4n) is 1.92. The van der Waals surface area contributed by atoms with Crippen molar-refractivity contribution >= 4 is 0 Å². The number of piperidine rings is 1. The van der Waals surface area contributed by atoms with Crippen molar-refractivity contribution in [1.82, 2.24) is 15.5 Å². The fraction of sp³-hybridized carbons (Fsp3) is 0.833. The SMILES string of the molecule is CC(C)c1noc(COC2CNCCC2C)n1. The fourth-order valence-corrected chi connectivity index (χ4v) is 1.92. The molecule has 5 nitrogen and oxygen atoms in total.